The third-order valence-corrected chi connectivity index (χ3v) is 1.83. The van der Waals surface area contributed by atoms with Gasteiger partial charge in [0.1, 0.15) is 5.82 Å². The minimum Gasteiger partial charge on any atom is -0.388 e. The predicted molar refractivity (Wildman–Crippen MR) is 46.3 cm³/mol. The number of hydrogen-bond donors (Lipinski definition) is 1. The van der Waals surface area contributed by atoms with Crippen molar-refractivity contribution in [2.24, 2.45) is 0 Å². The van der Waals surface area contributed by atoms with Gasteiger partial charge in [0.15, 0.2) is 0 Å². The summed E-state index contributed by atoms with van der Waals surface area (Å²) in [4.78, 5) is 0. The number of aliphatic hydroxyl groups is 1. The molecule has 1 atom stereocenters. The van der Waals surface area contributed by atoms with Crippen molar-refractivity contribution < 1.29 is 9.50 Å². The molecule has 0 radical (unpaired) electrons. The van der Waals surface area contributed by atoms with Crippen LogP contribution in [0, 0.1) is 5.82 Å². The fourth-order valence-corrected chi connectivity index (χ4v) is 1.17. The van der Waals surface area contributed by atoms with Crippen LogP contribution in [0.15, 0.2) is 24.3 Å². The molecule has 0 aromatic heterocycles. The molecule has 1 aromatic carbocycles. The van der Waals surface area contributed by atoms with Gasteiger partial charge in [-0.05, 0) is 12.5 Å². The van der Waals surface area contributed by atoms with Crippen LogP contribution in [0.4, 0.5) is 4.39 Å². The molecule has 0 aliphatic carbocycles. The summed E-state index contributed by atoms with van der Waals surface area (Å²) >= 11 is 0. The predicted octanol–water partition coefficient (Wildman–Crippen LogP) is 2.66. The van der Waals surface area contributed by atoms with E-state index in [1.807, 2.05) is 6.92 Å². The van der Waals surface area contributed by atoms with E-state index >= 15 is 0 Å². The maximum atomic E-state index is 13.0. The summed E-state index contributed by atoms with van der Waals surface area (Å²) < 4.78 is 13.0. The maximum Gasteiger partial charge on any atom is 0.128 e. The minimum atomic E-state index is -0.656. The lowest BCUT2D eigenvalue weighted by Gasteiger charge is -2.09. The lowest BCUT2D eigenvalue weighted by molar-refractivity contribution is 0.162. The van der Waals surface area contributed by atoms with E-state index < -0.39 is 6.10 Å². The second-order valence-electron chi connectivity index (χ2n) is 2.83. The lowest BCUT2D eigenvalue weighted by Crippen LogP contribution is -1.99. The van der Waals surface area contributed by atoms with Gasteiger partial charge in [0.25, 0.3) is 0 Å². The lowest BCUT2D eigenvalue weighted by atomic mass is 10.1. The molecule has 2 heteroatoms. The molecule has 0 aliphatic heterocycles. The Morgan fingerprint density at radius 3 is 2.67 bits per heavy atom. The molecule has 1 aromatic rings. The maximum absolute atomic E-state index is 13.0. The average molecular weight is 168 g/mol. The van der Waals surface area contributed by atoms with Crippen molar-refractivity contribution in [2.75, 3.05) is 0 Å². The summed E-state index contributed by atoms with van der Waals surface area (Å²) in [6.07, 6.45) is 0.812. The molecule has 0 heterocycles. The van der Waals surface area contributed by atoms with Gasteiger partial charge >= 0.3 is 0 Å². The summed E-state index contributed by atoms with van der Waals surface area (Å²) in [5.41, 5.74) is 0.402. The van der Waals surface area contributed by atoms with Crippen LogP contribution in [-0.2, 0) is 0 Å². The molecule has 1 N–H and O–H groups in total. The Kier molecular flexibility index (Phi) is 3.23. The highest BCUT2D eigenvalue weighted by Gasteiger charge is 2.09. The van der Waals surface area contributed by atoms with Crippen LogP contribution in [0.2, 0.25) is 0 Å². The third kappa shape index (κ3) is 2.05. The van der Waals surface area contributed by atoms with Crippen molar-refractivity contribution in [1.82, 2.24) is 0 Å². The zero-order valence-electron chi connectivity index (χ0n) is 7.13. The quantitative estimate of drug-likeness (QED) is 0.735. The van der Waals surface area contributed by atoms with E-state index in [0.29, 0.717) is 12.0 Å². The Labute approximate surface area is 71.9 Å². The van der Waals surface area contributed by atoms with Crippen LogP contribution in [0.25, 0.3) is 0 Å². The van der Waals surface area contributed by atoms with Crippen molar-refractivity contribution in [3.63, 3.8) is 0 Å². The van der Waals surface area contributed by atoms with Crippen LogP contribution in [-0.4, -0.2) is 5.11 Å². The van der Waals surface area contributed by atoms with Crippen molar-refractivity contribution in [1.29, 1.82) is 0 Å². The molecule has 12 heavy (non-hydrogen) atoms. The Morgan fingerprint density at radius 2 is 2.08 bits per heavy atom. The molecule has 66 valence electrons. The number of aliphatic hydroxyl groups excluding tert-OH is 1. The standard InChI is InChI=1S/C10H13FO/c1-2-5-10(12)8-6-3-4-7-9(8)11/h3-4,6-7,10,12H,2,5H2,1H3/t10-/m1/s1. The summed E-state index contributed by atoms with van der Waals surface area (Å²) in [6.45, 7) is 1.96. The van der Waals surface area contributed by atoms with E-state index in [1.165, 1.54) is 6.07 Å². The fourth-order valence-electron chi connectivity index (χ4n) is 1.17. The Balaban J connectivity index is 2.79. The normalized spacial score (nSPS) is 12.9. The first kappa shape index (κ1) is 9.20. The SMILES string of the molecule is CCC[C@@H](O)c1ccccc1F. The van der Waals surface area contributed by atoms with Crippen LogP contribution < -0.4 is 0 Å². The van der Waals surface area contributed by atoms with Gasteiger partial charge in [0.05, 0.1) is 6.10 Å². The molecule has 1 nitrogen and oxygen atoms in total. The smallest absolute Gasteiger partial charge is 0.128 e. The van der Waals surface area contributed by atoms with Crippen molar-refractivity contribution in [3.05, 3.63) is 35.6 Å². The summed E-state index contributed by atoms with van der Waals surface area (Å²) in [7, 11) is 0. The highest BCUT2D eigenvalue weighted by Crippen LogP contribution is 2.20. The highest BCUT2D eigenvalue weighted by atomic mass is 19.1. The minimum absolute atomic E-state index is 0.321. The van der Waals surface area contributed by atoms with Gasteiger partial charge in [0.2, 0.25) is 0 Å². The molecule has 0 saturated carbocycles. The zero-order chi connectivity index (χ0) is 8.97. The van der Waals surface area contributed by atoms with Crippen molar-refractivity contribution in [3.8, 4) is 0 Å². The molecule has 0 bridgehead atoms. The van der Waals surface area contributed by atoms with Gasteiger partial charge in [-0.3, -0.25) is 0 Å². The van der Waals surface area contributed by atoms with Gasteiger partial charge in [0, 0.05) is 5.56 Å². The molecule has 0 amide bonds. The largest absolute Gasteiger partial charge is 0.388 e. The topological polar surface area (TPSA) is 20.2 Å². The summed E-state index contributed by atoms with van der Waals surface area (Å²) in [5, 5.41) is 9.46. The van der Waals surface area contributed by atoms with Gasteiger partial charge in [-0.1, -0.05) is 31.5 Å². The van der Waals surface area contributed by atoms with E-state index in [1.54, 1.807) is 18.2 Å². The van der Waals surface area contributed by atoms with Crippen LogP contribution in [0.3, 0.4) is 0 Å². The molecule has 1 rings (SSSR count). The van der Waals surface area contributed by atoms with Crippen LogP contribution in [0.5, 0.6) is 0 Å². The number of rotatable bonds is 3. The molecular weight excluding hydrogens is 155 g/mol. The monoisotopic (exact) mass is 168 g/mol. The summed E-state index contributed by atoms with van der Waals surface area (Å²) in [6, 6.07) is 6.35. The number of halogens is 1. The molecular formula is C10H13FO. The average Bonchev–Trinajstić information content (AvgIpc) is 2.05. The van der Waals surface area contributed by atoms with E-state index in [0.717, 1.165) is 6.42 Å². The second-order valence-corrected chi connectivity index (χ2v) is 2.83. The molecule has 0 aliphatic rings. The van der Waals surface area contributed by atoms with E-state index in [9.17, 15) is 9.50 Å². The fraction of sp³-hybridized carbons (Fsp3) is 0.400. The first-order chi connectivity index (χ1) is 5.75. The number of benzene rings is 1. The van der Waals surface area contributed by atoms with Crippen molar-refractivity contribution >= 4 is 0 Å². The van der Waals surface area contributed by atoms with Gasteiger partial charge < -0.3 is 5.11 Å². The van der Waals surface area contributed by atoms with Crippen LogP contribution >= 0.6 is 0 Å². The molecule has 0 fully saturated rings. The van der Waals surface area contributed by atoms with E-state index in [-0.39, 0.29) is 5.82 Å². The first-order valence-electron chi connectivity index (χ1n) is 4.18. The van der Waals surface area contributed by atoms with Gasteiger partial charge in [-0.2, -0.15) is 0 Å². The van der Waals surface area contributed by atoms with Gasteiger partial charge in [-0.25, -0.2) is 4.39 Å². The van der Waals surface area contributed by atoms with Crippen LogP contribution in [0.1, 0.15) is 31.4 Å². The molecule has 0 saturated heterocycles. The van der Waals surface area contributed by atoms with Gasteiger partial charge in [-0.15, -0.1) is 0 Å². The molecule has 0 spiro atoms. The Morgan fingerprint density at radius 1 is 1.42 bits per heavy atom. The van der Waals surface area contributed by atoms with E-state index in [4.69, 9.17) is 0 Å². The second kappa shape index (κ2) is 4.21. The number of hydrogen-bond acceptors (Lipinski definition) is 1. The molecule has 0 unspecified atom stereocenters. The Hall–Kier alpha value is -0.890. The highest BCUT2D eigenvalue weighted by molar-refractivity contribution is 5.19. The van der Waals surface area contributed by atoms with Crippen molar-refractivity contribution in [2.45, 2.75) is 25.9 Å². The van der Waals surface area contributed by atoms with E-state index in [2.05, 4.69) is 0 Å². The zero-order valence-corrected chi connectivity index (χ0v) is 7.13. The third-order valence-electron chi connectivity index (χ3n) is 1.83. The first-order valence-corrected chi connectivity index (χ1v) is 4.18. The summed E-state index contributed by atoms with van der Waals surface area (Å²) in [5.74, 6) is -0.321. The Bertz CT molecular complexity index is 247.